The van der Waals surface area contributed by atoms with Crippen LogP contribution in [0.25, 0.3) is 0 Å². The highest BCUT2D eigenvalue weighted by Crippen LogP contribution is 2.31. The van der Waals surface area contributed by atoms with Gasteiger partial charge in [-0.05, 0) is 5.56 Å². The molecule has 0 bridgehead atoms. The molecule has 1 saturated heterocycles. The Labute approximate surface area is 136 Å². The van der Waals surface area contributed by atoms with Gasteiger partial charge in [-0.2, -0.15) is 0 Å². The summed E-state index contributed by atoms with van der Waals surface area (Å²) in [5, 5.41) is 2.44. The number of rotatable bonds is 2. The number of quaternary nitrogens is 1. The van der Waals surface area contributed by atoms with E-state index in [1.54, 1.807) is 0 Å². The molecule has 23 heavy (non-hydrogen) atoms. The van der Waals surface area contributed by atoms with Gasteiger partial charge in [0.2, 0.25) is 5.91 Å². The number of likely N-dealkylation sites (tertiary alicyclic amines) is 1. The molecule has 120 valence electrons. The van der Waals surface area contributed by atoms with Crippen LogP contribution in [0.1, 0.15) is 29.8 Å². The van der Waals surface area contributed by atoms with E-state index in [0.717, 1.165) is 44.5 Å². The molecule has 2 aromatic rings. The average molecular weight is 311 g/mol. The van der Waals surface area contributed by atoms with Gasteiger partial charge in [0.05, 0.1) is 19.3 Å². The normalized spacial score (nSPS) is 19.6. The van der Waals surface area contributed by atoms with Crippen LogP contribution in [-0.2, 0) is 23.2 Å². The molecule has 0 radical (unpaired) electrons. The smallest absolute Gasteiger partial charge is 0.226 e. The van der Waals surface area contributed by atoms with Gasteiger partial charge >= 0.3 is 0 Å². The third kappa shape index (κ3) is 2.65. The molecule has 4 rings (SSSR count). The van der Waals surface area contributed by atoms with E-state index in [-0.39, 0.29) is 11.4 Å². The molecule has 1 aromatic carbocycles. The van der Waals surface area contributed by atoms with Crippen molar-refractivity contribution >= 4 is 5.91 Å². The summed E-state index contributed by atoms with van der Waals surface area (Å²) in [7, 11) is 0. The molecule has 5 nitrogen and oxygen atoms in total. The number of piperidine rings is 1. The van der Waals surface area contributed by atoms with Gasteiger partial charge in [-0.3, -0.25) is 4.79 Å². The van der Waals surface area contributed by atoms with Gasteiger partial charge in [-0.15, -0.1) is 0 Å². The largest absolute Gasteiger partial charge is 0.348 e. The minimum atomic E-state index is 0.0805. The molecule has 3 N–H and O–H groups in total. The number of carbonyl (C=O) groups excluding carboxylic acids is 1. The zero-order chi connectivity index (χ0) is 15.7. The van der Waals surface area contributed by atoms with E-state index < -0.39 is 0 Å². The second-order valence-corrected chi connectivity index (χ2v) is 6.67. The zero-order valence-corrected chi connectivity index (χ0v) is 13.3. The number of aromatic nitrogens is 2. The number of benzene rings is 1. The van der Waals surface area contributed by atoms with Crippen molar-refractivity contribution in [3.63, 3.8) is 0 Å². The monoisotopic (exact) mass is 311 g/mol. The van der Waals surface area contributed by atoms with Crippen LogP contribution in [0, 0.1) is 0 Å². The van der Waals surface area contributed by atoms with Crippen molar-refractivity contribution in [3.05, 3.63) is 53.6 Å². The number of nitrogens with zero attached hydrogens (tertiary/aromatic N) is 2. The van der Waals surface area contributed by atoms with Gasteiger partial charge in [-0.25, -0.2) is 4.98 Å². The summed E-state index contributed by atoms with van der Waals surface area (Å²) in [4.78, 5) is 22.4. The molecule has 2 aliphatic heterocycles. The van der Waals surface area contributed by atoms with Gasteiger partial charge < -0.3 is 15.2 Å². The number of hydrogen-bond acceptors (Lipinski definition) is 2. The maximum atomic E-state index is 12.5. The van der Waals surface area contributed by atoms with Gasteiger partial charge in [0.15, 0.2) is 0 Å². The maximum absolute atomic E-state index is 12.5. The Hall–Kier alpha value is -2.14. The molecule has 5 heteroatoms. The molecule has 1 aromatic heterocycles. The van der Waals surface area contributed by atoms with Gasteiger partial charge in [-0.1, -0.05) is 30.3 Å². The number of H-pyrrole nitrogens is 1. The molecule has 0 atom stereocenters. The summed E-state index contributed by atoms with van der Waals surface area (Å²) in [5.74, 6) is 0.240. The minimum Gasteiger partial charge on any atom is -0.348 e. The van der Waals surface area contributed by atoms with Crippen LogP contribution in [-0.4, -0.2) is 40.4 Å². The van der Waals surface area contributed by atoms with Crippen molar-refractivity contribution in [1.29, 1.82) is 0 Å². The number of imidazole rings is 1. The van der Waals surface area contributed by atoms with Crippen molar-refractivity contribution in [2.75, 3.05) is 19.6 Å². The number of fused-ring (bicyclic) bond motifs is 2. The Kier molecular flexibility index (Phi) is 3.65. The topological polar surface area (TPSA) is 65.6 Å². The van der Waals surface area contributed by atoms with Crippen LogP contribution in [0.2, 0.25) is 0 Å². The third-order valence-corrected chi connectivity index (χ3v) is 5.33. The SMILES string of the molecule is O=C(Cc1ccccc1)N1CCC2(CC1)[NH2+]CCc1[nH]cnc12. The van der Waals surface area contributed by atoms with Crippen molar-refractivity contribution < 1.29 is 10.1 Å². The summed E-state index contributed by atoms with van der Waals surface area (Å²) in [6, 6.07) is 10.0. The van der Waals surface area contributed by atoms with Crippen LogP contribution in [0.15, 0.2) is 36.7 Å². The second kappa shape index (κ2) is 5.81. The molecule has 0 saturated carbocycles. The fourth-order valence-electron chi connectivity index (χ4n) is 4.01. The van der Waals surface area contributed by atoms with Crippen molar-refractivity contribution in [3.8, 4) is 0 Å². The number of amides is 1. The molecule has 0 unspecified atom stereocenters. The summed E-state index contributed by atoms with van der Waals surface area (Å²) < 4.78 is 0. The predicted octanol–water partition coefficient (Wildman–Crippen LogP) is 0.590. The van der Waals surface area contributed by atoms with Crippen LogP contribution in [0.5, 0.6) is 0 Å². The Bertz CT molecular complexity index is 686. The van der Waals surface area contributed by atoms with Crippen molar-refractivity contribution in [2.45, 2.75) is 31.2 Å². The average Bonchev–Trinajstić information content (AvgIpc) is 3.07. The Balaban J connectivity index is 1.43. The van der Waals surface area contributed by atoms with Crippen LogP contribution < -0.4 is 5.32 Å². The van der Waals surface area contributed by atoms with Gasteiger partial charge in [0.25, 0.3) is 0 Å². The van der Waals surface area contributed by atoms with E-state index in [1.807, 2.05) is 41.6 Å². The van der Waals surface area contributed by atoms with Crippen LogP contribution >= 0.6 is 0 Å². The maximum Gasteiger partial charge on any atom is 0.226 e. The summed E-state index contributed by atoms with van der Waals surface area (Å²) >= 11 is 0. The summed E-state index contributed by atoms with van der Waals surface area (Å²) in [6.45, 7) is 2.76. The minimum absolute atomic E-state index is 0.0805. The van der Waals surface area contributed by atoms with E-state index in [0.29, 0.717) is 6.42 Å². The fourth-order valence-corrected chi connectivity index (χ4v) is 4.01. The molecular formula is C18H23N4O+. The predicted molar refractivity (Wildman–Crippen MR) is 86.7 cm³/mol. The molecule has 3 heterocycles. The first-order chi connectivity index (χ1) is 11.3. The number of aromatic amines is 1. The number of carbonyl (C=O) groups is 1. The lowest BCUT2D eigenvalue weighted by molar-refractivity contribution is -0.743. The molecule has 1 spiro atoms. The highest BCUT2D eigenvalue weighted by atomic mass is 16.2. The van der Waals surface area contributed by atoms with E-state index in [1.165, 1.54) is 11.4 Å². The van der Waals surface area contributed by atoms with E-state index in [4.69, 9.17) is 0 Å². The first-order valence-electron chi connectivity index (χ1n) is 8.46. The Morgan fingerprint density at radius 3 is 2.83 bits per heavy atom. The third-order valence-electron chi connectivity index (χ3n) is 5.33. The fraction of sp³-hybridized carbons (Fsp3) is 0.444. The lowest BCUT2D eigenvalue weighted by atomic mass is 9.80. The van der Waals surface area contributed by atoms with Crippen molar-refractivity contribution in [1.82, 2.24) is 14.9 Å². The molecule has 0 aliphatic carbocycles. The molecule has 1 fully saturated rings. The van der Waals surface area contributed by atoms with Crippen molar-refractivity contribution in [2.24, 2.45) is 0 Å². The molecule has 2 aliphatic rings. The lowest BCUT2D eigenvalue weighted by Crippen LogP contribution is -2.97. The first-order valence-corrected chi connectivity index (χ1v) is 8.46. The summed E-state index contributed by atoms with van der Waals surface area (Å²) in [5.41, 5.74) is 3.68. The standard InChI is InChI=1S/C18H22N4O/c23-16(12-14-4-2-1-3-5-14)22-10-7-18(8-11-22)17-15(6-9-21-18)19-13-20-17/h1-5,13,21H,6-12H2,(H,19,20)/p+1. The number of nitrogens with two attached hydrogens (primary N) is 1. The van der Waals surface area contributed by atoms with E-state index in [9.17, 15) is 4.79 Å². The Morgan fingerprint density at radius 1 is 1.26 bits per heavy atom. The van der Waals surface area contributed by atoms with Gasteiger partial charge in [0, 0.05) is 38.0 Å². The second-order valence-electron chi connectivity index (χ2n) is 6.67. The quantitative estimate of drug-likeness (QED) is 0.852. The van der Waals surface area contributed by atoms with E-state index in [2.05, 4.69) is 15.3 Å². The number of nitrogens with one attached hydrogen (secondary N) is 1. The molecular weight excluding hydrogens is 288 g/mol. The lowest BCUT2D eigenvalue weighted by Gasteiger charge is -2.41. The first kappa shape index (κ1) is 14.5. The van der Waals surface area contributed by atoms with Gasteiger partial charge in [0.1, 0.15) is 11.2 Å². The Morgan fingerprint density at radius 2 is 2.04 bits per heavy atom. The van der Waals surface area contributed by atoms with Crippen LogP contribution in [0.4, 0.5) is 0 Å². The van der Waals surface area contributed by atoms with Crippen LogP contribution in [0.3, 0.4) is 0 Å². The zero-order valence-electron chi connectivity index (χ0n) is 13.3. The highest BCUT2D eigenvalue weighted by Gasteiger charge is 2.45. The molecule has 1 amide bonds. The number of hydrogen-bond donors (Lipinski definition) is 2. The highest BCUT2D eigenvalue weighted by molar-refractivity contribution is 5.78. The van der Waals surface area contributed by atoms with E-state index >= 15 is 0 Å². The summed E-state index contributed by atoms with van der Waals surface area (Å²) in [6.07, 6.45) is 5.37.